The highest BCUT2D eigenvalue weighted by atomic mass is 19.4. The molecule has 2 spiro atoms. The molecule has 9 atom stereocenters. The normalized spacial score (nSPS) is 42.3. The lowest BCUT2D eigenvalue weighted by Gasteiger charge is -2.74. The van der Waals surface area contributed by atoms with Crippen LogP contribution >= 0.6 is 0 Å². The van der Waals surface area contributed by atoms with Crippen LogP contribution in [0.5, 0.6) is 0 Å². The monoisotopic (exact) mass is 578 g/mol. The van der Waals surface area contributed by atoms with E-state index in [0.29, 0.717) is 25.7 Å². The van der Waals surface area contributed by atoms with Gasteiger partial charge in [-0.1, -0.05) is 20.4 Å². The molecule has 0 radical (unpaired) electrons. The van der Waals surface area contributed by atoms with E-state index in [4.69, 9.17) is 14.2 Å². The molecule has 1 aromatic carbocycles. The number of alkyl halides is 3. The van der Waals surface area contributed by atoms with Crippen LogP contribution in [0.3, 0.4) is 0 Å². The average molecular weight is 579 g/mol. The lowest BCUT2D eigenvalue weighted by Crippen LogP contribution is -2.86. The second kappa shape index (κ2) is 8.64. The standard InChI is InChI=1S/C30H33F3O8/c1-14-18-9-10-19-27-13-39-29(38,23(36)21(27)26(3,4)12-11-20(27)40-15(2)34)28(19,22(14)35)24(18)41-25(37)16-5-7-17(8-6-16)30(31,32)33/h5-8,18-21,23-24,36,38H,1,9-13H2,2-4H3/t18-,19-,20-,21+,23-,24+,27+,28-,29+/m0/s1. The van der Waals surface area contributed by atoms with Crippen LogP contribution in [0.15, 0.2) is 36.4 Å². The minimum absolute atomic E-state index is 0.0803. The first-order valence-corrected chi connectivity index (χ1v) is 13.9. The number of halogens is 3. The third kappa shape index (κ3) is 3.42. The number of Topliss-reactive ketones (excluding diaryl/α,β-unsaturated/α-hetero) is 1. The van der Waals surface area contributed by atoms with Crippen LogP contribution < -0.4 is 0 Å². The number of fused-ring (bicyclic) bond motifs is 2. The zero-order chi connectivity index (χ0) is 29.9. The van der Waals surface area contributed by atoms with Crippen molar-refractivity contribution in [1.82, 2.24) is 0 Å². The van der Waals surface area contributed by atoms with Gasteiger partial charge in [-0.05, 0) is 66.9 Å². The van der Waals surface area contributed by atoms with Gasteiger partial charge in [0.1, 0.15) is 23.7 Å². The number of hydrogen-bond acceptors (Lipinski definition) is 8. The first-order chi connectivity index (χ1) is 19.0. The van der Waals surface area contributed by atoms with E-state index in [9.17, 15) is 37.8 Å². The van der Waals surface area contributed by atoms with Crippen LogP contribution in [0.1, 0.15) is 62.4 Å². The third-order valence-corrected chi connectivity index (χ3v) is 10.8. The van der Waals surface area contributed by atoms with Gasteiger partial charge in [0.2, 0.25) is 5.79 Å². The lowest BCUT2D eigenvalue weighted by atomic mass is 9.35. The van der Waals surface area contributed by atoms with Gasteiger partial charge in [-0.2, -0.15) is 13.2 Å². The van der Waals surface area contributed by atoms with Crippen molar-refractivity contribution in [1.29, 1.82) is 0 Å². The Morgan fingerprint density at radius 1 is 1.10 bits per heavy atom. The molecule has 8 nitrogen and oxygen atoms in total. The van der Waals surface area contributed by atoms with Gasteiger partial charge in [-0.25, -0.2) is 4.79 Å². The summed E-state index contributed by atoms with van der Waals surface area (Å²) in [5.41, 5.74) is -4.54. The van der Waals surface area contributed by atoms with E-state index in [0.717, 1.165) is 24.3 Å². The van der Waals surface area contributed by atoms with Crippen molar-refractivity contribution < 1.29 is 52.0 Å². The number of carbonyl (C=O) groups is 3. The van der Waals surface area contributed by atoms with Crippen molar-refractivity contribution in [2.24, 2.45) is 34.0 Å². The summed E-state index contributed by atoms with van der Waals surface area (Å²) in [5.74, 6) is -6.57. The summed E-state index contributed by atoms with van der Waals surface area (Å²) in [4.78, 5) is 39.9. The fourth-order valence-corrected chi connectivity index (χ4v) is 9.36. The van der Waals surface area contributed by atoms with E-state index in [2.05, 4.69) is 6.58 Å². The highest BCUT2D eigenvalue weighted by Gasteiger charge is 2.88. The molecule has 222 valence electrons. The van der Waals surface area contributed by atoms with Crippen LogP contribution in [-0.4, -0.2) is 58.6 Å². The first-order valence-electron chi connectivity index (χ1n) is 13.9. The number of aliphatic hydroxyl groups is 2. The number of ether oxygens (including phenoxy) is 3. The van der Waals surface area contributed by atoms with Crippen LogP contribution in [-0.2, 0) is 30.0 Å². The largest absolute Gasteiger partial charge is 0.462 e. The van der Waals surface area contributed by atoms with Crippen molar-refractivity contribution >= 4 is 17.7 Å². The Kier molecular flexibility index (Phi) is 5.98. The summed E-state index contributed by atoms with van der Waals surface area (Å²) in [6, 6.07) is 3.50. The Morgan fingerprint density at radius 2 is 1.76 bits per heavy atom. The molecule has 4 bridgehead atoms. The number of rotatable bonds is 3. The minimum Gasteiger partial charge on any atom is -0.462 e. The Labute approximate surface area is 234 Å². The van der Waals surface area contributed by atoms with E-state index in [1.165, 1.54) is 6.92 Å². The van der Waals surface area contributed by atoms with E-state index in [1.54, 1.807) is 0 Å². The third-order valence-electron chi connectivity index (χ3n) is 10.8. The lowest BCUT2D eigenvalue weighted by molar-refractivity contribution is -0.457. The highest BCUT2D eigenvalue weighted by Crippen LogP contribution is 2.77. The molecule has 7 rings (SSSR count). The SMILES string of the molecule is C=C1C(=O)[C@]23[C@H](OC(=O)c4ccc(C(F)(F)F)cc4)[C@H]1CC[C@H]2[C@@]12CO[C@]3(O)[C@@H](O)[C@@H]1C(C)(C)CC[C@@H]2OC(C)=O. The maximum Gasteiger partial charge on any atom is 0.416 e. The summed E-state index contributed by atoms with van der Waals surface area (Å²) < 4.78 is 57.1. The van der Waals surface area contributed by atoms with Gasteiger partial charge in [-0.15, -0.1) is 0 Å². The van der Waals surface area contributed by atoms with Gasteiger partial charge in [-0.3, -0.25) is 9.59 Å². The molecule has 2 aliphatic heterocycles. The van der Waals surface area contributed by atoms with Crippen LogP contribution in [0.4, 0.5) is 13.2 Å². The zero-order valence-electron chi connectivity index (χ0n) is 23.0. The summed E-state index contributed by atoms with van der Waals surface area (Å²) in [6.45, 7) is 9.11. The van der Waals surface area contributed by atoms with Crippen molar-refractivity contribution in [2.45, 2.75) is 76.7 Å². The number of ketones is 1. The van der Waals surface area contributed by atoms with Gasteiger partial charge in [0.25, 0.3) is 0 Å². The predicted octanol–water partition coefficient (Wildman–Crippen LogP) is 3.83. The fraction of sp³-hybridized carbons (Fsp3) is 0.633. The fourth-order valence-electron chi connectivity index (χ4n) is 9.36. The Balaban J connectivity index is 1.48. The summed E-state index contributed by atoms with van der Waals surface area (Å²) in [7, 11) is 0. The maximum absolute atomic E-state index is 14.3. The molecule has 41 heavy (non-hydrogen) atoms. The second-order valence-corrected chi connectivity index (χ2v) is 13.0. The van der Waals surface area contributed by atoms with Gasteiger partial charge in [0, 0.05) is 24.2 Å². The molecule has 0 amide bonds. The highest BCUT2D eigenvalue weighted by molar-refractivity contribution is 6.05. The minimum atomic E-state index is -4.60. The zero-order valence-corrected chi connectivity index (χ0v) is 23.0. The Hall–Kier alpha value is -2.76. The predicted molar refractivity (Wildman–Crippen MR) is 135 cm³/mol. The summed E-state index contributed by atoms with van der Waals surface area (Å²) >= 11 is 0. The topological polar surface area (TPSA) is 119 Å². The first kappa shape index (κ1) is 28.4. The van der Waals surface area contributed by atoms with Crippen LogP contribution in [0, 0.1) is 34.0 Å². The molecular formula is C30H33F3O8. The molecule has 11 heteroatoms. The Bertz CT molecular complexity index is 1340. The Morgan fingerprint density at radius 3 is 2.37 bits per heavy atom. The molecule has 2 heterocycles. The molecular weight excluding hydrogens is 545 g/mol. The van der Waals surface area contributed by atoms with Crippen molar-refractivity contribution in [3.63, 3.8) is 0 Å². The van der Waals surface area contributed by atoms with E-state index < -0.39 is 87.6 Å². The molecule has 6 fully saturated rings. The number of esters is 2. The number of aliphatic hydroxyl groups excluding tert-OH is 1. The van der Waals surface area contributed by atoms with Gasteiger partial charge < -0.3 is 24.4 Å². The molecule has 4 aliphatic carbocycles. The smallest absolute Gasteiger partial charge is 0.416 e. The van der Waals surface area contributed by atoms with Crippen molar-refractivity contribution in [3.8, 4) is 0 Å². The van der Waals surface area contributed by atoms with Crippen LogP contribution in [0.2, 0.25) is 0 Å². The van der Waals surface area contributed by atoms with Crippen molar-refractivity contribution in [3.05, 3.63) is 47.5 Å². The number of benzene rings is 1. The molecule has 1 aromatic rings. The van der Waals surface area contributed by atoms with Gasteiger partial charge >= 0.3 is 18.1 Å². The van der Waals surface area contributed by atoms with Crippen molar-refractivity contribution in [2.75, 3.05) is 6.61 Å². The second-order valence-electron chi connectivity index (χ2n) is 13.0. The quantitative estimate of drug-likeness (QED) is 0.411. The maximum atomic E-state index is 14.3. The van der Waals surface area contributed by atoms with Gasteiger partial charge in [0.05, 0.1) is 17.7 Å². The average Bonchev–Trinajstić information content (AvgIpc) is 3.00. The molecule has 6 aliphatic rings. The van der Waals surface area contributed by atoms with E-state index in [1.807, 2.05) is 13.8 Å². The van der Waals surface area contributed by atoms with Crippen LogP contribution in [0.25, 0.3) is 0 Å². The molecule has 0 unspecified atom stereocenters. The number of carbonyl (C=O) groups excluding carboxylic acids is 3. The molecule has 2 N–H and O–H groups in total. The van der Waals surface area contributed by atoms with E-state index in [-0.39, 0.29) is 17.7 Å². The van der Waals surface area contributed by atoms with Gasteiger partial charge in [0.15, 0.2) is 5.78 Å². The van der Waals surface area contributed by atoms with E-state index >= 15 is 0 Å². The molecule has 4 saturated carbocycles. The molecule has 2 saturated heterocycles. The number of hydrogen-bond donors (Lipinski definition) is 2. The summed E-state index contributed by atoms with van der Waals surface area (Å²) in [5, 5.41) is 24.2. The molecule has 0 aromatic heterocycles. The summed E-state index contributed by atoms with van der Waals surface area (Å²) in [6.07, 6.45) is -6.44.